The summed E-state index contributed by atoms with van der Waals surface area (Å²) in [4.78, 5) is 24.8. The summed E-state index contributed by atoms with van der Waals surface area (Å²) in [6, 6.07) is 1.01. The lowest BCUT2D eigenvalue weighted by Crippen LogP contribution is -2.15. The Labute approximate surface area is 114 Å². The van der Waals surface area contributed by atoms with Gasteiger partial charge in [-0.1, -0.05) is 6.92 Å². The molecule has 0 aliphatic carbocycles. The highest BCUT2D eigenvalue weighted by molar-refractivity contribution is 7.98. The third kappa shape index (κ3) is 4.40. The normalized spacial score (nSPS) is 11.9. The molecule has 1 aromatic heterocycles. The van der Waals surface area contributed by atoms with Gasteiger partial charge >= 0.3 is 11.7 Å². The summed E-state index contributed by atoms with van der Waals surface area (Å²) < 4.78 is 0. The first-order valence-electron chi connectivity index (χ1n) is 5.56. The maximum absolute atomic E-state index is 10.9. The number of carboxylic acid groups (broad SMARTS) is 1. The molecule has 0 spiro atoms. The lowest BCUT2D eigenvalue weighted by Gasteiger charge is -2.11. The van der Waals surface area contributed by atoms with Crippen LogP contribution in [0.4, 0.5) is 11.5 Å². The van der Waals surface area contributed by atoms with E-state index in [9.17, 15) is 14.9 Å². The van der Waals surface area contributed by atoms with E-state index in [4.69, 9.17) is 5.11 Å². The zero-order valence-corrected chi connectivity index (χ0v) is 11.4. The fourth-order valence-electron chi connectivity index (χ4n) is 1.46. The van der Waals surface area contributed by atoms with E-state index >= 15 is 0 Å². The molecule has 1 aromatic rings. The summed E-state index contributed by atoms with van der Waals surface area (Å²) in [6.07, 6.45) is 3.09. The topological polar surface area (TPSA) is 105 Å². The van der Waals surface area contributed by atoms with Crippen molar-refractivity contribution in [3.63, 3.8) is 0 Å². The summed E-state index contributed by atoms with van der Waals surface area (Å²) in [5, 5.41) is 22.6. The number of aromatic nitrogens is 1. The number of nitrogens with one attached hydrogen (secondary N) is 1. The molecular weight excluding hydrogens is 270 g/mol. The first kappa shape index (κ1) is 15.2. The number of carbonyl (C=O) groups is 1. The van der Waals surface area contributed by atoms with Crippen molar-refractivity contribution >= 4 is 29.2 Å². The van der Waals surface area contributed by atoms with Gasteiger partial charge in [0.2, 0.25) is 5.82 Å². The Morgan fingerprint density at radius 3 is 2.89 bits per heavy atom. The maximum Gasteiger partial charge on any atom is 0.337 e. The van der Waals surface area contributed by atoms with E-state index in [1.54, 1.807) is 11.8 Å². The quantitative estimate of drug-likeness (QED) is 0.583. The predicted molar refractivity (Wildman–Crippen MR) is 73.9 cm³/mol. The molecule has 19 heavy (non-hydrogen) atoms. The monoisotopic (exact) mass is 285 g/mol. The Kier molecular flexibility index (Phi) is 5.56. The predicted octanol–water partition coefficient (Wildman–Crippen LogP) is 2.10. The van der Waals surface area contributed by atoms with Crippen molar-refractivity contribution in [2.75, 3.05) is 23.9 Å². The summed E-state index contributed by atoms with van der Waals surface area (Å²) in [5.41, 5.74) is -0.523. The standard InChI is InChI=1S/C11H15N3O4S/c1-7(6-19-2)4-12-10-9(14(17)18)3-8(5-13-10)11(15)16/h3,5,7H,4,6H2,1-2H3,(H,12,13)(H,15,16). The molecule has 0 amide bonds. The SMILES string of the molecule is CSCC(C)CNc1ncc(C(=O)O)cc1[N+](=O)[O-]. The van der Waals surface area contributed by atoms with E-state index < -0.39 is 10.9 Å². The van der Waals surface area contributed by atoms with Gasteiger partial charge in [0.05, 0.1) is 10.5 Å². The van der Waals surface area contributed by atoms with Crippen LogP contribution in [0.2, 0.25) is 0 Å². The summed E-state index contributed by atoms with van der Waals surface area (Å²) in [7, 11) is 0. The number of hydrogen-bond donors (Lipinski definition) is 2. The molecule has 0 saturated carbocycles. The average molecular weight is 285 g/mol. The third-order valence-corrected chi connectivity index (χ3v) is 3.28. The molecule has 0 aliphatic rings. The van der Waals surface area contributed by atoms with Gasteiger partial charge in [-0.3, -0.25) is 10.1 Å². The van der Waals surface area contributed by atoms with Crippen LogP contribution in [-0.2, 0) is 0 Å². The minimum atomic E-state index is -1.24. The van der Waals surface area contributed by atoms with Crippen LogP contribution in [0.25, 0.3) is 0 Å². The van der Waals surface area contributed by atoms with E-state index in [1.807, 2.05) is 13.2 Å². The van der Waals surface area contributed by atoms with Crippen molar-refractivity contribution in [1.82, 2.24) is 4.98 Å². The molecule has 0 fully saturated rings. The van der Waals surface area contributed by atoms with Gasteiger partial charge in [0, 0.05) is 18.8 Å². The number of pyridine rings is 1. The minimum Gasteiger partial charge on any atom is -0.478 e. The van der Waals surface area contributed by atoms with Gasteiger partial charge < -0.3 is 10.4 Å². The van der Waals surface area contributed by atoms with Crippen molar-refractivity contribution in [1.29, 1.82) is 0 Å². The number of aromatic carboxylic acids is 1. The first-order chi connectivity index (χ1) is 8.95. The summed E-state index contributed by atoms with van der Waals surface area (Å²) in [6.45, 7) is 2.56. The molecule has 1 unspecified atom stereocenters. The zero-order chi connectivity index (χ0) is 14.4. The number of carboxylic acids is 1. The van der Waals surface area contributed by atoms with E-state index in [1.165, 1.54) is 0 Å². The van der Waals surface area contributed by atoms with Gasteiger partial charge in [0.1, 0.15) is 0 Å². The second-order valence-corrected chi connectivity index (χ2v) is 5.01. The fourth-order valence-corrected chi connectivity index (χ4v) is 2.15. The Morgan fingerprint density at radius 1 is 1.68 bits per heavy atom. The molecule has 1 rings (SSSR count). The van der Waals surface area contributed by atoms with E-state index in [-0.39, 0.29) is 17.1 Å². The van der Waals surface area contributed by atoms with Crippen LogP contribution in [0.5, 0.6) is 0 Å². The maximum atomic E-state index is 10.9. The number of nitrogens with zero attached hydrogens (tertiary/aromatic N) is 2. The van der Waals surface area contributed by atoms with Gasteiger partial charge in [0.25, 0.3) is 0 Å². The number of nitro groups is 1. The molecule has 0 radical (unpaired) electrons. The van der Waals surface area contributed by atoms with Gasteiger partial charge in [-0.25, -0.2) is 9.78 Å². The molecule has 0 bridgehead atoms. The minimum absolute atomic E-state index is 0.1000. The van der Waals surface area contributed by atoms with E-state index in [0.29, 0.717) is 12.5 Å². The van der Waals surface area contributed by atoms with Crippen molar-refractivity contribution in [2.24, 2.45) is 5.92 Å². The van der Waals surface area contributed by atoms with Crippen LogP contribution >= 0.6 is 11.8 Å². The number of rotatable bonds is 7. The molecular formula is C11H15N3O4S. The Balaban J connectivity index is 2.88. The van der Waals surface area contributed by atoms with Gasteiger partial charge in [0.15, 0.2) is 0 Å². The molecule has 2 N–H and O–H groups in total. The highest BCUT2D eigenvalue weighted by atomic mass is 32.2. The number of hydrogen-bond acceptors (Lipinski definition) is 6. The second-order valence-electron chi connectivity index (χ2n) is 4.10. The molecule has 8 heteroatoms. The van der Waals surface area contributed by atoms with Crippen molar-refractivity contribution in [3.05, 3.63) is 27.9 Å². The van der Waals surface area contributed by atoms with Gasteiger partial charge in [-0.2, -0.15) is 11.8 Å². The molecule has 1 atom stereocenters. The molecule has 0 aromatic carbocycles. The van der Waals surface area contributed by atoms with Gasteiger partial charge in [-0.15, -0.1) is 0 Å². The van der Waals surface area contributed by atoms with Gasteiger partial charge in [-0.05, 0) is 17.9 Å². The molecule has 7 nitrogen and oxygen atoms in total. The largest absolute Gasteiger partial charge is 0.478 e. The first-order valence-corrected chi connectivity index (χ1v) is 6.95. The van der Waals surface area contributed by atoms with Crippen LogP contribution in [0.1, 0.15) is 17.3 Å². The summed E-state index contributed by atoms with van der Waals surface area (Å²) in [5.74, 6) is 0.116. The molecule has 0 saturated heterocycles. The number of anilines is 1. The van der Waals surface area contributed by atoms with Crippen LogP contribution in [0, 0.1) is 16.0 Å². The second kappa shape index (κ2) is 6.93. The smallest absolute Gasteiger partial charge is 0.337 e. The van der Waals surface area contributed by atoms with Crippen LogP contribution < -0.4 is 5.32 Å². The van der Waals surface area contributed by atoms with Crippen LogP contribution in [0.3, 0.4) is 0 Å². The van der Waals surface area contributed by atoms with E-state index in [0.717, 1.165) is 18.0 Å². The highest BCUT2D eigenvalue weighted by Crippen LogP contribution is 2.23. The van der Waals surface area contributed by atoms with Crippen molar-refractivity contribution in [3.8, 4) is 0 Å². The average Bonchev–Trinajstić information content (AvgIpc) is 2.36. The van der Waals surface area contributed by atoms with Crippen molar-refractivity contribution in [2.45, 2.75) is 6.92 Å². The van der Waals surface area contributed by atoms with Crippen molar-refractivity contribution < 1.29 is 14.8 Å². The Hall–Kier alpha value is -1.83. The third-order valence-electron chi connectivity index (χ3n) is 2.38. The van der Waals surface area contributed by atoms with Crippen LogP contribution in [0.15, 0.2) is 12.3 Å². The van der Waals surface area contributed by atoms with E-state index in [2.05, 4.69) is 10.3 Å². The molecule has 0 aliphatic heterocycles. The van der Waals surface area contributed by atoms with Crippen LogP contribution in [-0.4, -0.2) is 39.5 Å². The lowest BCUT2D eigenvalue weighted by atomic mass is 10.2. The zero-order valence-electron chi connectivity index (χ0n) is 10.6. The number of thioether (sulfide) groups is 1. The molecule has 104 valence electrons. The Morgan fingerprint density at radius 2 is 2.37 bits per heavy atom. The fraction of sp³-hybridized carbons (Fsp3) is 0.455. The lowest BCUT2D eigenvalue weighted by molar-refractivity contribution is -0.384. The highest BCUT2D eigenvalue weighted by Gasteiger charge is 2.19. The summed E-state index contributed by atoms with van der Waals surface area (Å²) >= 11 is 1.69. The Bertz CT molecular complexity index is 481. The molecule has 1 heterocycles.